The van der Waals surface area contributed by atoms with Crippen LogP contribution in [0.15, 0.2) is 18.2 Å². The Kier molecular flexibility index (Phi) is 4.28. The van der Waals surface area contributed by atoms with Crippen LogP contribution in [0.2, 0.25) is 0 Å². The maximum atomic E-state index is 12.8. The van der Waals surface area contributed by atoms with Crippen LogP contribution < -0.4 is 5.32 Å². The van der Waals surface area contributed by atoms with E-state index in [-0.39, 0.29) is 18.0 Å². The summed E-state index contributed by atoms with van der Waals surface area (Å²) in [7, 11) is 0. The fourth-order valence-electron chi connectivity index (χ4n) is 3.65. The molecule has 3 saturated heterocycles. The highest BCUT2D eigenvalue weighted by molar-refractivity contribution is 5.90. The molecular formula is C18H25N3O2. The van der Waals surface area contributed by atoms with Crippen LogP contribution in [0.5, 0.6) is 0 Å². The number of carbonyl (C=O) groups excluding carboxylic acids is 2. The Labute approximate surface area is 137 Å². The van der Waals surface area contributed by atoms with E-state index in [1.165, 1.54) is 0 Å². The number of rotatable bonds is 1. The van der Waals surface area contributed by atoms with Gasteiger partial charge in [-0.05, 0) is 49.8 Å². The van der Waals surface area contributed by atoms with E-state index in [9.17, 15) is 9.59 Å². The quantitative estimate of drug-likeness (QED) is 0.866. The molecule has 3 aliphatic heterocycles. The Bertz CT molecular complexity index is 629. The first-order chi connectivity index (χ1) is 10.9. The number of benzene rings is 1. The maximum Gasteiger partial charge on any atom is 0.322 e. The molecule has 0 aliphatic carbocycles. The number of piperidine rings is 1. The summed E-state index contributed by atoms with van der Waals surface area (Å²) in [5.74, 6) is 0.501. The Morgan fingerprint density at radius 3 is 2.65 bits per heavy atom. The second-order valence-electron chi connectivity index (χ2n) is 6.92. The largest absolute Gasteiger partial charge is 0.341 e. The summed E-state index contributed by atoms with van der Waals surface area (Å²) < 4.78 is 0. The number of anilines is 1. The van der Waals surface area contributed by atoms with Gasteiger partial charge in [0, 0.05) is 32.2 Å². The predicted octanol–water partition coefficient (Wildman–Crippen LogP) is 2.78. The van der Waals surface area contributed by atoms with Gasteiger partial charge in [-0.2, -0.15) is 0 Å². The van der Waals surface area contributed by atoms with Crippen molar-refractivity contribution in [3.05, 3.63) is 29.3 Å². The van der Waals surface area contributed by atoms with Crippen LogP contribution in [-0.4, -0.2) is 47.4 Å². The third-order valence-electron chi connectivity index (χ3n) is 5.05. The minimum Gasteiger partial charge on any atom is -0.341 e. The monoisotopic (exact) mass is 315 g/mol. The molecule has 1 N–H and O–H groups in total. The molecule has 23 heavy (non-hydrogen) atoms. The van der Waals surface area contributed by atoms with Crippen molar-refractivity contribution in [2.24, 2.45) is 5.92 Å². The van der Waals surface area contributed by atoms with Crippen LogP contribution in [0, 0.1) is 19.8 Å². The number of urea groups is 1. The van der Waals surface area contributed by atoms with E-state index >= 15 is 0 Å². The molecule has 0 spiro atoms. The second-order valence-corrected chi connectivity index (χ2v) is 6.92. The summed E-state index contributed by atoms with van der Waals surface area (Å²) in [6, 6.07) is 6.16. The standard InChI is InChI=1S/C18H25N3O2/c1-12-4-5-13(2)17(8-12)19-18(23)21-10-15-6-7-16(21)11-20(9-15)14(3)22/h4-5,8,15-16H,6-7,9-11H2,1-3H3,(H,19,23)/t15-,16+/m1/s1. The van der Waals surface area contributed by atoms with E-state index in [2.05, 4.69) is 5.32 Å². The van der Waals surface area contributed by atoms with Gasteiger partial charge in [-0.1, -0.05) is 12.1 Å². The molecular weight excluding hydrogens is 290 g/mol. The Balaban J connectivity index is 1.75. The van der Waals surface area contributed by atoms with Crippen molar-refractivity contribution < 1.29 is 9.59 Å². The molecule has 0 aromatic heterocycles. The second kappa shape index (κ2) is 6.22. The SMILES string of the molecule is CC(=O)N1C[C@H]2CC[C@@H](C1)N(C(=O)Nc1cc(C)ccc1C)C2. The molecule has 3 aliphatic rings. The molecule has 3 fully saturated rings. The number of aryl methyl sites for hydroxylation is 2. The number of hydrogen-bond acceptors (Lipinski definition) is 2. The molecule has 5 heteroatoms. The summed E-state index contributed by atoms with van der Waals surface area (Å²) in [5, 5.41) is 3.06. The van der Waals surface area contributed by atoms with Gasteiger partial charge in [-0.3, -0.25) is 4.79 Å². The molecule has 4 rings (SSSR count). The minimum absolute atomic E-state index is 0.0428. The topological polar surface area (TPSA) is 52.7 Å². The van der Waals surface area contributed by atoms with Crippen molar-refractivity contribution in [1.29, 1.82) is 0 Å². The molecule has 3 heterocycles. The number of amides is 3. The minimum atomic E-state index is -0.0428. The first-order valence-corrected chi connectivity index (χ1v) is 8.34. The molecule has 2 bridgehead atoms. The molecule has 1 aromatic carbocycles. The summed E-state index contributed by atoms with van der Waals surface area (Å²) in [5.41, 5.74) is 3.07. The first-order valence-electron chi connectivity index (χ1n) is 8.34. The third kappa shape index (κ3) is 3.33. The molecule has 5 nitrogen and oxygen atoms in total. The van der Waals surface area contributed by atoms with Crippen LogP contribution in [-0.2, 0) is 4.79 Å². The highest BCUT2D eigenvalue weighted by Gasteiger charge is 2.37. The molecule has 0 unspecified atom stereocenters. The van der Waals surface area contributed by atoms with Crippen LogP contribution in [0.3, 0.4) is 0 Å². The Hall–Kier alpha value is -2.04. The zero-order valence-corrected chi connectivity index (χ0v) is 14.1. The van der Waals surface area contributed by atoms with Crippen molar-refractivity contribution in [3.63, 3.8) is 0 Å². The average molecular weight is 315 g/mol. The lowest BCUT2D eigenvalue weighted by atomic mass is 9.95. The fourth-order valence-corrected chi connectivity index (χ4v) is 3.65. The molecule has 0 saturated carbocycles. The van der Waals surface area contributed by atoms with E-state index in [1.54, 1.807) is 6.92 Å². The van der Waals surface area contributed by atoms with Crippen LogP contribution in [0.4, 0.5) is 10.5 Å². The number of hydrogen-bond donors (Lipinski definition) is 1. The van der Waals surface area contributed by atoms with Crippen molar-refractivity contribution in [2.75, 3.05) is 25.0 Å². The highest BCUT2D eigenvalue weighted by Crippen LogP contribution is 2.29. The Morgan fingerprint density at radius 2 is 1.91 bits per heavy atom. The fraction of sp³-hybridized carbons (Fsp3) is 0.556. The highest BCUT2D eigenvalue weighted by atomic mass is 16.2. The number of carbonyl (C=O) groups is 2. The van der Waals surface area contributed by atoms with Gasteiger partial charge in [0.25, 0.3) is 0 Å². The molecule has 3 amide bonds. The number of fused-ring (bicyclic) bond motifs is 4. The lowest BCUT2D eigenvalue weighted by Gasteiger charge is -2.36. The van der Waals surface area contributed by atoms with Gasteiger partial charge in [0.15, 0.2) is 0 Å². The van der Waals surface area contributed by atoms with Gasteiger partial charge in [-0.25, -0.2) is 4.79 Å². The molecule has 0 radical (unpaired) electrons. The summed E-state index contributed by atoms with van der Waals surface area (Å²) in [4.78, 5) is 28.3. The van der Waals surface area contributed by atoms with Crippen molar-refractivity contribution >= 4 is 17.6 Å². The van der Waals surface area contributed by atoms with Crippen LogP contribution in [0.1, 0.15) is 30.9 Å². The van der Waals surface area contributed by atoms with E-state index in [0.717, 1.165) is 42.7 Å². The van der Waals surface area contributed by atoms with Crippen molar-refractivity contribution in [3.8, 4) is 0 Å². The summed E-state index contributed by atoms with van der Waals surface area (Å²) >= 11 is 0. The zero-order chi connectivity index (χ0) is 16.6. The van der Waals surface area contributed by atoms with Gasteiger partial charge in [0.2, 0.25) is 5.91 Å². The van der Waals surface area contributed by atoms with Crippen molar-refractivity contribution in [2.45, 2.75) is 39.7 Å². The number of nitrogens with one attached hydrogen (secondary N) is 1. The summed E-state index contributed by atoms with van der Waals surface area (Å²) in [6.45, 7) is 7.82. The van der Waals surface area contributed by atoms with E-state index < -0.39 is 0 Å². The Morgan fingerprint density at radius 1 is 1.13 bits per heavy atom. The molecule has 124 valence electrons. The zero-order valence-electron chi connectivity index (χ0n) is 14.1. The lowest BCUT2D eigenvalue weighted by Crippen LogP contribution is -2.49. The van der Waals surface area contributed by atoms with Gasteiger partial charge >= 0.3 is 6.03 Å². The van der Waals surface area contributed by atoms with Gasteiger partial charge in [-0.15, -0.1) is 0 Å². The number of nitrogens with zero attached hydrogens (tertiary/aromatic N) is 2. The maximum absolute atomic E-state index is 12.8. The van der Waals surface area contributed by atoms with Crippen LogP contribution in [0.25, 0.3) is 0 Å². The third-order valence-corrected chi connectivity index (χ3v) is 5.05. The van der Waals surface area contributed by atoms with E-state index in [0.29, 0.717) is 12.5 Å². The van der Waals surface area contributed by atoms with Gasteiger partial charge < -0.3 is 15.1 Å². The van der Waals surface area contributed by atoms with E-state index in [4.69, 9.17) is 0 Å². The molecule has 1 aromatic rings. The average Bonchev–Trinajstić information content (AvgIpc) is 2.83. The van der Waals surface area contributed by atoms with Gasteiger partial charge in [0.05, 0.1) is 6.04 Å². The first kappa shape index (κ1) is 15.8. The normalized spacial score (nSPS) is 23.6. The molecule has 2 atom stereocenters. The van der Waals surface area contributed by atoms with Crippen molar-refractivity contribution in [1.82, 2.24) is 9.80 Å². The lowest BCUT2D eigenvalue weighted by molar-refractivity contribution is -0.129. The smallest absolute Gasteiger partial charge is 0.322 e. The van der Waals surface area contributed by atoms with Crippen LogP contribution >= 0.6 is 0 Å². The predicted molar refractivity (Wildman–Crippen MR) is 90.4 cm³/mol. The van der Waals surface area contributed by atoms with Gasteiger partial charge in [0.1, 0.15) is 0 Å². The summed E-state index contributed by atoms with van der Waals surface area (Å²) in [6.07, 6.45) is 2.08. The van der Waals surface area contributed by atoms with E-state index in [1.807, 2.05) is 41.8 Å².